The number of hydrogen-bond acceptors (Lipinski definition) is 3. The molecule has 6 nitrogen and oxygen atoms in total. The van der Waals surface area contributed by atoms with Crippen LogP contribution in [0.3, 0.4) is 0 Å². The van der Waals surface area contributed by atoms with Gasteiger partial charge in [0.1, 0.15) is 0 Å². The molecule has 1 heterocycles. The van der Waals surface area contributed by atoms with Crippen LogP contribution >= 0.6 is 0 Å². The lowest BCUT2D eigenvalue weighted by atomic mass is 9.94. The maximum Gasteiger partial charge on any atom is 0.243 e. The van der Waals surface area contributed by atoms with Crippen LogP contribution in [0.1, 0.15) is 42.7 Å². The van der Waals surface area contributed by atoms with Gasteiger partial charge in [0, 0.05) is 32.6 Å². The number of carbonyl (C=O) groups is 3. The van der Waals surface area contributed by atoms with E-state index in [1.807, 2.05) is 11.0 Å². The average molecular weight is 383 g/mol. The van der Waals surface area contributed by atoms with Gasteiger partial charge < -0.3 is 15.5 Å². The van der Waals surface area contributed by atoms with E-state index in [9.17, 15) is 14.4 Å². The van der Waals surface area contributed by atoms with Crippen LogP contribution in [-0.2, 0) is 20.8 Å². The third-order valence-corrected chi connectivity index (χ3v) is 5.73. The highest BCUT2D eigenvalue weighted by Crippen LogP contribution is 2.35. The van der Waals surface area contributed by atoms with E-state index in [1.165, 1.54) is 17.2 Å². The van der Waals surface area contributed by atoms with Crippen molar-refractivity contribution in [1.82, 2.24) is 15.5 Å². The molecular weight excluding hydrogens is 354 g/mol. The van der Waals surface area contributed by atoms with Gasteiger partial charge in [-0.3, -0.25) is 14.4 Å². The number of benzene rings is 1. The van der Waals surface area contributed by atoms with Crippen molar-refractivity contribution in [2.24, 2.45) is 5.92 Å². The van der Waals surface area contributed by atoms with Gasteiger partial charge in [-0.15, -0.1) is 0 Å². The van der Waals surface area contributed by atoms with Gasteiger partial charge in [0.2, 0.25) is 17.7 Å². The Kier molecular flexibility index (Phi) is 6.85. The second-order valence-electron chi connectivity index (χ2n) is 7.60. The molecule has 0 aromatic heterocycles. The largest absolute Gasteiger partial charge is 0.354 e. The number of likely N-dealkylation sites (tertiary alicyclic amines) is 1. The van der Waals surface area contributed by atoms with Gasteiger partial charge in [-0.2, -0.15) is 0 Å². The Morgan fingerprint density at radius 1 is 1.14 bits per heavy atom. The highest BCUT2D eigenvalue weighted by Gasteiger charge is 2.31. The first-order chi connectivity index (χ1) is 13.6. The first kappa shape index (κ1) is 20.1. The minimum absolute atomic E-state index is 0.0448. The Hall–Kier alpha value is -2.63. The third kappa shape index (κ3) is 5.00. The lowest BCUT2D eigenvalue weighted by Gasteiger charge is -2.33. The second kappa shape index (κ2) is 9.53. The van der Waals surface area contributed by atoms with Crippen molar-refractivity contribution in [1.29, 1.82) is 0 Å². The number of fused-ring (bicyclic) bond motifs is 1. The highest BCUT2D eigenvalue weighted by atomic mass is 16.2. The van der Waals surface area contributed by atoms with Crippen LogP contribution in [0.15, 0.2) is 36.9 Å². The smallest absolute Gasteiger partial charge is 0.243 e. The summed E-state index contributed by atoms with van der Waals surface area (Å²) in [6, 6.07) is 8.39. The highest BCUT2D eigenvalue weighted by molar-refractivity contribution is 5.87. The first-order valence-electron chi connectivity index (χ1n) is 10.1. The van der Waals surface area contributed by atoms with Crippen molar-refractivity contribution in [3.63, 3.8) is 0 Å². The molecule has 150 valence electrons. The summed E-state index contributed by atoms with van der Waals surface area (Å²) in [4.78, 5) is 38.2. The molecule has 1 aliphatic carbocycles. The number of carbonyl (C=O) groups excluding carboxylic acids is 3. The minimum Gasteiger partial charge on any atom is -0.354 e. The topological polar surface area (TPSA) is 78.5 Å². The van der Waals surface area contributed by atoms with E-state index in [1.54, 1.807) is 0 Å². The molecule has 1 fully saturated rings. The molecule has 0 bridgehead atoms. The normalized spacial score (nSPS) is 20.9. The summed E-state index contributed by atoms with van der Waals surface area (Å²) in [6.45, 7) is 5.34. The van der Waals surface area contributed by atoms with E-state index in [0.717, 1.165) is 32.2 Å². The molecule has 3 amide bonds. The summed E-state index contributed by atoms with van der Waals surface area (Å²) in [7, 11) is 0. The van der Waals surface area contributed by atoms with Crippen molar-refractivity contribution in [3.8, 4) is 0 Å². The molecule has 1 saturated heterocycles. The molecule has 1 aliphatic heterocycles. The molecule has 2 N–H and O–H groups in total. The predicted molar refractivity (Wildman–Crippen MR) is 108 cm³/mol. The van der Waals surface area contributed by atoms with Crippen molar-refractivity contribution >= 4 is 17.7 Å². The van der Waals surface area contributed by atoms with Gasteiger partial charge in [0.05, 0.1) is 5.92 Å². The fourth-order valence-corrected chi connectivity index (χ4v) is 4.20. The average Bonchev–Trinajstić information content (AvgIpc) is 3.13. The number of amides is 3. The maximum atomic E-state index is 12.8. The second-order valence-corrected chi connectivity index (χ2v) is 7.60. The number of rotatable bonds is 7. The standard InChI is InChI=1S/C22H29N3O3/c1-2-20(26)23-11-12-24-22(28)18-7-5-13-25(15-18)21(27)14-17-10-9-16-6-3-4-8-19(16)17/h2-4,6,8,17-18H,1,5,7,9-15H2,(H,23,26)(H,24,28). The Morgan fingerprint density at radius 3 is 2.75 bits per heavy atom. The first-order valence-corrected chi connectivity index (χ1v) is 10.1. The van der Waals surface area contributed by atoms with Gasteiger partial charge in [-0.05, 0) is 48.8 Å². The number of nitrogens with zero attached hydrogens (tertiary/aromatic N) is 1. The molecule has 3 rings (SSSR count). The van der Waals surface area contributed by atoms with Crippen LogP contribution in [-0.4, -0.2) is 48.8 Å². The molecule has 28 heavy (non-hydrogen) atoms. The van der Waals surface area contributed by atoms with Crippen LogP contribution in [0.2, 0.25) is 0 Å². The van der Waals surface area contributed by atoms with E-state index in [-0.39, 0.29) is 23.6 Å². The zero-order valence-corrected chi connectivity index (χ0v) is 16.3. The third-order valence-electron chi connectivity index (χ3n) is 5.73. The van der Waals surface area contributed by atoms with E-state index in [2.05, 4.69) is 35.4 Å². The van der Waals surface area contributed by atoms with Crippen molar-refractivity contribution in [3.05, 3.63) is 48.0 Å². The predicted octanol–water partition coefficient (Wildman–Crippen LogP) is 1.76. The Balaban J connectivity index is 1.46. The van der Waals surface area contributed by atoms with Gasteiger partial charge in [-0.1, -0.05) is 30.8 Å². The molecule has 2 aliphatic rings. The Bertz CT molecular complexity index is 746. The minimum atomic E-state index is -0.253. The van der Waals surface area contributed by atoms with Gasteiger partial charge in [0.15, 0.2) is 0 Å². The monoisotopic (exact) mass is 383 g/mol. The van der Waals surface area contributed by atoms with E-state index < -0.39 is 0 Å². The zero-order chi connectivity index (χ0) is 19.9. The van der Waals surface area contributed by atoms with Crippen molar-refractivity contribution in [2.45, 2.75) is 38.0 Å². The van der Waals surface area contributed by atoms with E-state index >= 15 is 0 Å². The number of aryl methyl sites for hydroxylation is 1. The Morgan fingerprint density at radius 2 is 1.93 bits per heavy atom. The maximum absolute atomic E-state index is 12.8. The van der Waals surface area contributed by atoms with Crippen LogP contribution in [0.5, 0.6) is 0 Å². The van der Waals surface area contributed by atoms with Gasteiger partial charge in [0.25, 0.3) is 0 Å². The molecular formula is C22H29N3O3. The SMILES string of the molecule is C=CC(=O)NCCNC(=O)C1CCCN(C(=O)CC2CCc3ccccc32)C1. The molecule has 6 heteroatoms. The van der Waals surface area contributed by atoms with Crippen LogP contribution in [0.25, 0.3) is 0 Å². The number of nitrogens with one attached hydrogen (secondary N) is 2. The van der Waals surface area contributed by atoms with Crippen LogP contribution in [0.4, 0.5) is 0 Å². The van der Waals surface area contributed by atoms with Crippen LogP contribution in [0, 0.1) is 5.92 Å². The summed E-state index contributed by atoms with van der Waals surface area (Å²) < 4.78 is 0. The Labute approximate surface area is 166 Å². The van der Waals surface area contributed by atoms with Crippen molar-refractivity contribution in [2.75, 3.05) is 26.2 Å². The molecule has 1 aromatic rings. The lowest BCUT2D eigenvalue weighted by molar-refractivity contribution is -0.136. The van der Waals surface area contributed by atoms with E-state index in [0.29, 0.717) is 32.0 Å². The summed E-state index contributed by atoms with van der Waals surface area (Å²) in [5.74, 6) is -0.0266. The molecule has 1 aromatic carbocycles. The quantitative estimate of drug-likeness (QED) is 0.556. The molecule has 0 saturated carbocycles. The fourth-order valence-electron chi connectivity index (χ4n) is 4.20. The number of hydrogen-bond donors (Lipinski definition) is 2. The zero-order valence-electron chi connectivity index (χ0n) is 16.3. The molecule has 0 spiro atoms. The molecule has 2 unspecified atom stereocenters. The van der Waals surface area contributed by atoms with Gasteiger partial charge in [-0.25, -0.2) is 0 Å². The van der Waals surface area contributed by atoms with E-state index in [4.69, 9.17) is 0 Å². The molecule has 2 atom stereocenters. The van der Waals surface area contributed by atoms with Crippen LogP contribution < -0.4 is 10.6 Å². The summed E-state index contributed by atoms with van der Waals surface area (Å²) >= 11 is 0. The summed E-state index contributed by atoms with van der Waals surface area (Å²) in [5.41, 5.74) is 2.67. The summed E-state index contributed by atoms with van der Waals surface area (Å²) in [6.07, 6.45) is 5.44. The van der Waals surface area contributed by atoms with Crippen molar-refractivity contribution < 1.29 is 14.4 Å². The fraction of sp³-hybridized carbons (Fsp3) is 0.500. The molecule has 0 radical (unpaired) electrons. The lowest BCUT2D eigenvalue weighted by Crippen LogP contribution is -2.46. The van der Waals surface area contributed by atoms with Gasteiger partial charge >= 0.3 is 0 Å². The summed E-state index contributed by atoms with van der Waals surface area (Å²) in [5, 5.41) is 5.48. The number of piperidine rings is 1.